The molecule has 204 valence electrons. The maximum absolute atomic E-state index is 13.8. The van der Waals surface area contributed by atoms with Gasteiger partial charge < -0.3 is 19.5 Å². The minimum atomic E-state index is -0.670. The molecule has 0 bridgehead atoms. The zero-order valence-corrected chi connectivity index (χ0v) is 23.4. The lowest BCUT2D eigenvalue weighted by Gasteiger charge is -2.30. The van der Waals surface area contributed by atoms with Gasteiger partial charge in [0.25, 0.3) is 0 Å². The number of halogens is 1. The Kier molecular flexibility index (Phi) is 7.81. The standard InChI is InChI=1S/C33H30ClNO5/c1-5-9-21-16-22(17-26(39-6-2)32(21)40-18-20-12-14-23(34)15-13-20)28-27(33(37)38-4)19(3)35-30-24-10-7-8-11-25(24)31(36)29(28)30/h5,7-8,10-17,28,35H,1,6,9,18H2,2-4H3/t28-/m1/s1. The van der Waals surface area contributed by atoms with Gasteiger partial charge in [0.05, 0.1) is 25.0 Å². The predicted molar refractivity (Wildman–Crippen MR) is 156 cm³/mol. The summed E-state index contributed by atoms with van der Waals surface area (Å²) in [6.45, 7) is 8.37. The largest absolute Gasteiger partial charge is 0.490 e. The maximum Gasteiger partial charge on any atom is 0.336 e. The Labute approximate surface area is 238 Å². The molecule has 0 spiro atoms. The summed E-state index contributed by atoms with van der Waals surface area (Å²) >= 11 is 6.05. The van der Waals surface area contributed by atoms with Gasteiger partial charge in [-0.3, -0.25) is 4.79 Å². The molecule has 6 nitrogen and oxygen atoms in total. The Bertz CT molecular complexity index is 1570. The lowest BCUT2D eigenvalue weighted by atomic mass is 9.79. The average Bonchev–Trinajstić information content (AvgIpc) is 3.23. The summed E-state index contributed by atoms with van der Waals surface area (Å²) in [6, 6.07) is 18.8. The number of ether oxygens (including phenoxy) is 3. The second-order valence-electron chi connectivity index (χ2n) is 9.60. The average molecular weight is 556 g/mol. The van der Waals surface area contributed by atoms with Gasteiger partial charge in [-0.2, -0.15) is 0 Å². The zero-order valence-electron chi connectivity index (χ0n) is 22.7. The van der Waals surface area contributed by atoms with E-state index in [9.17, 15) is 9.59 Å². The summed E-state index contributed by atoms with van der Waals surface area (Å²) in [6.07, 6.45) is 2.28. The number of Topliss-reactive ketones (excluding diaryl/α,β-unsaturated/α-hetero) is 1. The van der Waals surface area contributed by atoms with Gasteiger partial charge in [0.1, 0.15) is 6.61 Å². The highest BCUT2D eigenvalue weighted by atomic mass is 35.5. The van der Waals surface area contributed by atoms with Crippen LogP contribution in [-0.2, 0) is 22.6 Å². The smallest absolute Gasteiger partial charge is 0.336 e. The van der Waals surface area contributed by atoms with Crippen LogP contribution in [0.4, 0.5) is 0 Å². The molecule has 1 N–H and O–H groups in total. The number of fused-ring (bicyclic) bond motifs is 2. The van der Waals surface area contributed by atoms with E-state index in [0.29, 0.717) is 64.3 Å². The van der Waals surface area contributed by atoms with E-state index in [0.717, 1.165) is 22.3 Å². The molecule has 1 aliphatic carbocycles. The molecule has 0 amide bonds. The Morgan fingerprint density at radius 2 is 1.80 bits per heavy atom. The normalized spacial score (nSPS) is 15.8. The molecule has 3 aromatic carbocycles. The molecule has 7 heteroatoms. The van der Waals surface area contributed by atoms with E-state index in [-0.39, 0.29) is 5.78 Å². The Hall–Kier alpha value is -4.29. The van der Waals surface area contributed by atoms with Gasteiger partial charge in [-0.1, -0.05) is 60.1 Å². The van der Waals surface area contributed by atoms with E-state index in [4.69, 9.17) is 25.8 Å². The van der Waals surface area contributed by atoms with Crippen molar-refractivity contribution >= 4 is 29.1 Å². The van der Waals surface area contributed by atoms with Crippen LogP contribution in [0.1, 0.15) is 52.4 Å². The van der Waals surface area contributed by atoms with E-state index in [1.54, 1.807) is 6.08 Å². The number of carbonyl (C=O) groups is 2. The molecular formula is C33H30ClNO5. The maximum atomic E-state index is 13.8. The first-order valence-corrected chi connectivity index (χ1v) is 13.5. The van der Waals surface area contributed by atoms with Crippen molar-refractivity contribution in [2.24, 2.45) is 0 Å². The van der Waals surface area contributed by atoms with Crippen LogP contribution in [0.3, 0.4) is 0 Å². The van der Waals surface area contributed by atoms with Crippen molar-refractivity contribution in [1.29, 1.82) is 0 Å². The van der Waals surface area contributed by atoms with Gasteiger partial charge in [0, 0.05) is 38.9 Å². The number of allylic oxidation sites excluding steroid dienone is 3. The zero-order chi connectivity index (χ0) is 28.4. The highest BCUT2D eigenvalue weighted by Crippen LogP contribution is 2.48. The minimum Gasteiger partial charge on any atom is -0.490 e. The van der Waals surface area contributed by atoms with Gasteiger partial charge in [0.2, 0.25) is 0 Å². The minimum absolute atomic E-state index is 0.122. The molecule has 0 fully saturated rings. The van der Waals surface area contributed by atoms with Crippen LogP contribution < -0.4 is 14.8 Å². The number of nitrogens with one attached hydrogen (secondary N) is 1. The molecule has 3 aromatic rings. The van der Waals surface area contributed by atoms with E-state index >= 15 is 0 Å². The summed E-state index contributed by atoms with van der Waals surface area (Å²) in [5, 5.41) is 3.97. The van der Waals surface area contributed by atoms with E-state index < -0.39 is 11.9 Å². The fraction of sp³-hybridized carbons (Fsp3) is 0.212. The number of hydrogen-bond donors (Lipinski definition) is 1. The molecule has 0 radical (unpaired) electrons. The summed E-state index contributed by atoms with van der Waals surface area (Å²) in [5.41, 5.74) is 6.16. The molecule has 40 heavy (non-hydrogen) atoms. The quantitative estimate of drug-likeness (QED) is 0.231. The van der Waals surface area contributed by atoms with Gasteiger partial charge in [0.15, 0.2) is 17.3 Å². The van der Waals surface area contributed by atoms with Crippen LogP contribution in [0.2, 0.25) is 5.02 Å². The molecule has 1 aliphatic heterocycles. The third-order valence-electron chi connectivity index (χ3n) is 7.10. The van der Waals surface area contributed by atoms with Crippen LogP contribution in [0.5, 0.6) is 11.5 Å². The van der Waals surface area contributed by atoms with Crippen LogP contribution in [0.25, 0.3) is 5.70 Å². The number of carbonyl (C=O) groups excluding carboxylic acids is 2. The highest BCUT2D eigenvalue weighted by Gasteiger charge is 2.43. The Morgan fingerprint density at radius 3 is 2.48 bits per heavy atom. The first-order chi connectivity index (χ1) is 19.4. The van der Waals surface area contributed by atoms with Crippen molar-refractivity contribution < 1.29 is 23.8 Å². The first-order valence-electron chi connectivity index (χ1n) is 13.1. The predicted octanol–water partition coefficient (Wildman–Crippen LogP) is 6.79. The summed E-state index contributed by atoms with van der Waals surface area (Å²) < 4.78 is 17.6. The van der Waals surface area contributed by atoms with Crippen molar-refractivity contribution in [2.45, 2.75) is 32.8 Å². The second kappa shape index (κ2) is 11.4. The van der Waals surface area contributed by atoms with Crippen molar-refractivity contribution in [3.8, 4) is 11.5 Å². The molecule has 0 aromatic heterocycles. The third-order valence-corrected chi connectivity index (χ3v) is 7.35. The van der Waals surface area contributed by atoms with Gasteiger partial charge in [-0.25, -0.2) is 4.79 Å². The number of esters is 1. The Morgan fingerprint density at radius 1 is 1.07 bits per heavy atom. The van der Waals surface area contributed by atoms with Crippen molar-refractivity contribution in [3.05, 3.63) is 123 Å². The number of hydrogen-bond acceptors (Lipinski definition) is 6. The summed E-state index contributed by atoms with van der Waals surface area (Å²) in [7, 11) is 1.34. The van der Waals surface area contributed by atoms with Gasteiger partial charge >= 0.3 is 5.97 Å². The van der Waals surface area contributed by atoms with E-state index in [1.165, 1.54) is 7.11 Å². The molecule has 0 saturated heterocycles. The van der Waals surface area contributed by atoms with E-state index in [2.05, 4.69) is 11.9 Å². The Balaban J connectivity index is 1.66. The summed E-state index contributed by atoms with van der Waals surface area (Å²) in [5.74, 6) is -0.183. The van der Waals surface area contributed by atoms with Crippen LogP contribution in [0, 0.1) is 0 Å². The lowest BCUT2D eigenvalue weighted by Crippen LogP contribution is -2.29. The van der Waals surface area contributed by atoms with Crippen LogP contribution >= 0.6 is 11.6 Å². The van der Waals surface area contributed by atoms with E-state index in [1.807, 2.05) is 74.5 Å². The molecule has 1 heterocycles. The van der Waals surface area contributed by atoms with Gasteiger partial charge in [-0.05, 0) is 49.6 Å². The number of dihydropyridines is 1. The molecule has 0 unspecified atom stereocenters. The number of ketones is 1. The fourth-order valence-electron chi connectivity index (χ4n) is 5.36. The SMILES string of the molecule is C=CCc1cc([C@@H]2C(C(=O)OC)=C(C)NC3=C2C(=O)c2ccccc23)cc(OCC)c1OCc1ccc(Cl)cc1. The van der Waals surface area contributed by atoms with Crippen molar-refractivity contribution in [1.82, 2.24) is 5.32 Å². The van der Waals surface area contributed by atoms with Crippen LogP contribution in [0.15, 0.2) is 90.2 Å². The number of methoxy groups -OCH3 is 1. The molecule has 2 aliphatic rings. The fourth-order valence-corrected chi connectivity index (χ4v) is 5.49. The summed E-state index contributed by atoms with van der Waals surface area (Å²) in [4.78, 5) is 27.0. The first kappa shape index (κ1) is 27.3. The highest BCUT2D eigenvalue weighted by molar-refractivity contribution is 6.30. The lowest BCUT2D eigenvalue weighted by molar-refractivity contribution is -0.136. The number of rotatable bonds is 9. The number of benzene rings is 3. The van der Waals surface area contributed by atoms with Crippen molar-refractivity contribution in [2.75, 3.05) is 13.7 Å². The van der Waals surface area contributed by atoms with Crippen LogP contribution in [-0.4, -0.2) is 25.5 Å². The van der Waals surface area contributed by atoms with Gasteiger partial charge in [-0.15, -0.1) is 6.58 Å². The third kappa shape index (κ3) is 4.91. The van der Waals surface area contributed by atoms with Crippen molar-refractivity contribution in [3.63, 3.8) is 0 Å². The molecule has 1 atom stereocenters. The topological polar surface area (TPSA) is 73.9 Å². The molecule has 0 saturated carbocycles. The molecule has 5 rings (SSSR count). The molecular weight excluding hydrogens is 526 g/mol. The second-order valence-corrected chi connectivity index (χ2v) is 10.0. The monoisotopic (exact) mass is 555 g/mol.